The number of carbonyl (C=O) groups excluding carboxylic acids is 4. The van der Waals surface area contributed by atoms with Crippen LogP contribution in [-0.2, 0) is 42.9 Å². The number of ether oxygens (including phenoxy) is 5. The molecule has 150 valence electrons. The highest BCUT2D eigenvalue weighted by Crippen LogP contribution is 2.40. The fourth-order valence-electron chi connectivity index (χ4n) is 2.10. The van der Waals surface area contributed by atoms with Crippen molar-refractivity contribution < 1.29 is 42.9 Å². The highest BCUT2D eigenvalue weighted by atomic mass is 79.9. The molecule has 0 aliphatic rings. The average molecular weight is 441 g/mol. The zero-order chi connectivity index (χ0) is 20.4. The Kier molecular flexibility index (Phi) is 10.4. The third-order valence-corrected chi connectivity index (χ3v) is 4.29. The van der Waals surface area contributed by atoms with Crippen LogP contribution in [0.15, 0.2) is 0 Å². The van der Waals surface area contributed by atoms with Crippen molar-refractivity contribution in [3.8, 4) is 0 Å². The Hall–Kier alpha value is -1.68. The molecule has 0 spiro atoms. The SMILES string of the molecule is CCOC(=O)C(Br)(C(=O)OCC)C(OCC)(C(=O)OCC)C(=O)OCC. The summed E-state index contributed by atoms with van der Waals surface area (Å²) in [6.07, 6.45) is 0. The number of hydrogen-bond donors (Lipinski definition) is 0. The van der Waals surface area contributed by atoms with Crippen LogP contribution in [0.5, 0.6) is 0 Å². The maximum absolute atomic E-state index is 12.7. The largest absolute Gasteiger partial charge is 0.464 e. The van der Waals surface area contributed by atoms with Gasteiger partial charge in [-0.05, 0) is 34.6 Å². The Morgan fingerprint density at radius 1 is 0.615 bits per heavy atom. The molecule has 0 atom stereocenters. The fourth-order valence-corrected chi connectivity index (χ4v) is 2.76. The average Bonchev–Trinajstić information content (AvgIpc) is 2.59. The van der Waals surface area contributed by atoms with Gasteiger partial charge in [0.2, 0.25) is 0 Å². The van der Waals surface area contributed by atoms with Crippen molar-refractivity contribution >= 4 is 39.8 Å². The van der Waals surface area contributed by atoms with Crippen LogP contribution in [0.2, 0.25) is 0 Å². The second kappa shape index (κ2) is 11.1. The van der Waals surface area contributed by atoms with Gasteiger partial charge in [-0.3, -0.25) is 0 Å². The molecule has 0 aromatic carbocycles. The minimum Gasteiger partial charge on any atom is -0.464 e. The molecule has 0 fully saturated rings. The van der Waals surface area contributed by atoms with E-state index in [0.717, 1.165) is 0 Å². The van der Waals surface area contributed by atoms with Crippen LogP contribution in [0.4, 0.5) is 0 Å². The molecule has 0 rings (SSSR count). The zero-order valence-corrected chi connectivity index (χ0v) is 17.2. The van der Waals surface area contributed by atoms with Crippen LogP contribution < -0.4 is 0 Å². The molecule has 0 heterocycles. The predicted molar refractivity (Wildman–Crippen MR) is 92.5 cm³/mol. The van der Waals surface area contributed by atoms with E-state index in [-0.39, 0.29) is 33.0 Å². The second-order valence-corrected chi connectivity index (χ2v) is 5.84. The van der Waals surface area contributed by atoms with E-state index in [2.05, 4.69) is 15.9 Å². The molecule has 0 saturated heterocycles. The lowest BCUT2D eigenvalue weighted by Gasteiger charge is -2.38. The van der Waals surface area contributed by atoms with E-state index in [4.69, 9.17) is 23.7 Å². The highest BCUT2D eigenvalue weighted by Gasteiger charge is 2.74. The molecule has 0 amide bonds. The molecule has 0 N–H and O–H groups in total. The number of alkyl halides is 1. The van der Waals surface area contributed by atoms with Crippen LogP contribution in [0.3, 0.4) is 0 Å². The number of halogens is 1. The predicted octanol–water partition coefficient (Wildman–Crippen LogP) is 1.15. The third kappa shape index (κ3) is 4.53. The molecule has 0 aromatic heterocycles. The lowest BCUT2D eigenvalue weighted by molar-refractivity contribution is -0.204. The Balaban J connectivity index is 6.73. The number of rotatable bonds is 11. The quantitative estimate of drug-likeness (QED) is 0.202. The van der Waals surface area contributed by atoms with E-state index in [1.54, 1.807) is 0 Å². The maximum atomic E-state index is 12.7. The molecule has 0 aliphatic carbocycles. The van der Waals surface area contributed by atoms with Crippen LogP contribution in [-0.4, -0.2) is 66.8 Å². The van der Waals surface area contributed by atoms with Gasteiger partial charge in [-0.15, -0.1) is 0 Å². The number of carbonyl (C=O) groups is 4. The van der Waals surface area contributed by atoms with Gasteiger partial charge in [0, 0.05) is 6.61 Å². The summed E-state index contributed by atoms with van der Waals surface area (Å²) < 4.78 is 22.4. The Bertz CT molecular complexity index is 482. The summed E-state index contributed by atoms with van der Waals surface area (Å²) in [5.74, 6) is -5.04. The first-order chi connectivity index (χ1) is 12.2. The molecular formula is C16H25BrO9. The van der Waals surface area contributed by atoms with Gasteiger partial charge in [-0.2, -0.15) is 0 Å². The lowest BCUT2D eigenvalue weighted by Crippen LogP contribution is -2.71. The van der Waals surface area contributed by atoms with Gasteiger partial charge in [0.15, 0.2) is 0 Å². The molecule has 0 bridgehead atoms. The van der Waals surface area contributed by atoms with Gasteiger partial charge < -0.3 is 23.7 Å². The molecule has 26 heavy (non-hydrogen) atoms. The van der Waals surface area contributed by atoms with Crippen molar-refractivity contribution in [1.29, 1.82) is 0 Å². The third-order valence-electron chi connectivity index (χ3n) is 3.09. The van der Waals surface area contributed by atoms with Crippen LogP contribution in [0, 0.1) is 0 Å². The minimum atomic E-state index is -2.79. The van der Waals surface area contributed by atoms with Crippen molar-refractivity contribution in [2.24, 2.45) is 0 Å². The normalized spacial score (nSPS) is 11.5. The molecule has 10 heteroatoms. The van der Waals surface area contributed by atoms with Gasteiger partial charge in [-0.1, -0.05) is 15.9 Å². The first-order valence-corrected chi connectivity index (χ1v) is 9.05. The summed E-state index contributed by atoms with van der Waals surface area (Å²) in [5, 5.41) is 0. The van der Waals surface area contributed by atoms with Gasteiger partial charge in [-0.25, -0.2) is 19.2 Å². The molecule has 0 saturated carbocycles. The van der Waals surface area contributed by atoms with Crippen molar-refractivity contribution in [3.05, 3.63) is 0 Å². The summed E-state index contributed by atoms with van der Waals surface area (Å²) >= 11 is 2.91. The summed E-state index contributed by atoms with van der Waals surface area (Å²) in [6.45, 7) is 6.69. The molecule has 0 aliphatic heterocycles. The van der Waals surface area contributed by atoms with Gasteiger partial charge in [0.05, 0.1) is 26.4 Å². The zero-order valence-electron chi connectivity index (χ0n) is 15.6. The van der Waals surface area contributed by atoms with Crippen molar-refractivity contribution in [1.82, 2.24) is 0 Å². The van der Waals surface area contributed by atoms with Crippen molar-refractivity contribution in [3.63, 3.8) is 0 Å². The molecule has 0 aromatic rings. The minimum absolute atomic E-state index is 0.126. The molecule has 0 radical (unpaired) electrons. The Labute approximate surface area is 160 Å². The first kappa shape index (κ1) is 24.3. The fraction of sp³-hybridized carbons (Fsp3) is 0.750. The van der Waals surface area contributed by atoms with Crippen LogP contribution >= 0.6 is 15.9 Å². The molecular weight excluding hydrogens is 416 g/mol. The van der Waals surface area contributed by atoms with E-state index in [1.807, 2.05) is 0 Å². The van der Waals surface area contributed by atoms with Crippen LogP contribution in [0.1, 0.15) is 34.6 Å². The summed E-state index contributed by atoms with van der Waals surface area (Å²) in [4.78, 5) is 50.8. The van der Waals surface area contributed by atoms with Crippen molar-refractivity contribution in [2.45, 2.75) is 44.5 Å². The van der Waals surface area contributed by atoms with Gasteiger partial charge in [0.1, 0.15) is 0 Å². The standard InChI is InChI=1S/C16H25BrO9/c1-6-22-11(18)15(17,12(19)23-7-2)16(26-10-5,13(20)24-8-3)14(21)25-9-4/h6-10H2,1-5H3. The monoisotopic (exact) mass is 440 g/mol. The topological polar surface area (TPSA) is 114 Å². The van der Waals surface area contributed by atoms with Crippen LogP contribution in [0.25, 0.3) is 0 Å². The lowest BCUT2D eigenvalue weighted by atomic mass is 9.86. The molecule has 9 nitrogen and oxygen atoms in total. The Morgan fingerprint density at radius 2 is 0.923 bits per heavy atom. The summed E-state index contributed by atoms with van der Waals surface area (Å²) in [5.41, 5.74) is -2.79. The van der Waals surface area contributed by atoms with E-state index in [0.29, 0.717) is 0 Å². The maximum Gasteiger partial charge on any atom is 0.353 e. The first-order valence-electron chi connectivity index (χ1n) is 8.26. The number of hydrogen-bond acceptors (Lipinski definition) is 9. The number of esters is 4. The van der Waals surface area contributed by atoms with Gasteiger partial charge in [0.25, 0.3) is 9.93 Å². The highest BCUT2D eigenvalue weighted by molar-refractivity contribution is 9.10. The van der Waals surface area contributed by atoms with E-state index in [9.17, 15) is 19.2 Å². The smallest absolute Gasteiger partial charge is 0.353 e. The van der Waals surface area contributed by atoms with Crippen molar-refractivity contribution in [2.75, 3.05) is 33.0 Å². The van der Waals surface area contributed by atoms with E-state index < -0.39 is 33.8 Å². The summed E-state index contributed by atoms with van der Waals surface area (Å²) in [7, 11) is 0. The second-order valence-electron chi connectivity index (χ2n) is 4.65. The Morgan fingerprint density at radius 3 is 1.19 bits per heavy atom. The van der Waals surface area contributed by atoms with E-state index >= 15 is 0 Å². The van der Waals surface area contributed by atoms with Gasteiger partial charge >= 0.3 is 23.9 Å². The van der Waals surface area contributed by atoms with E-state index in [1.165, 1.54) is 34.6 Å². The molecule has 0 unspecified atom stereocenters. The summed E-state index contributed by atoms with van der Waals surface area (Å²) in [6, 6.07) is 0.